The van der Waals surface area contributed by atoms with Crippen LogP contribution >= 0.6 is 11.8 Å². The number of Topliss-reactive ketones (excluding diaryl/α,β-unsaturated/α-hetero) is 1. The lowest BCUT2D eigenvalue weighted by Crippen LogP contribution is -2.30. The largest absolute Gasteiger partial charge is 0.461 e. The van der Waals surface area contributed by atoms with Crippen LogP contribution in [0, 0.1) is 29.4 Å². The molecule has 0 N–H and O–H groups in total. The van der Waals surface area contributed by atoms with Crippen LogP contribution in [-0.4, -0.2) is 54.0 Å². The first-order chi connectivity index (χ1) is 20.9. The molecule has 1 aliphatic rings. The van der Waals surface area contributed by atoms with Crippen molar-refractivity contribution in [3.05, 3.63) is 99.1 Å². The van der Waals surface area contributed by atoms with Crippen LogP contribution in [-0.2, 0) is 10.4 Å². The molecule has 4 rings (SSSR count). The second-order valence-electron chi connectivity index (χ2n) is 9.94. The fourth-order valence-corrected chi connectivity index (χ4v) is 5.19. The molecule has 1 aliphatic heterocycles. The fraction of sp³-hybridized carbons (Fsp3) is 0.290. The van der Waals surface area contributed by atoms with Gasteiger partial charge in [-0.1, -0.05) is 47.5 Å². The summed E-state index contributed by atoms with van der Waals surface area (Å²) >= 11 is 1.25. The van der Waals surface area contributed by atoms with Gasteiger partial charge in [0.15, 0.2) is 5.78 Å². The first-order valence-corrected chi connectivity index (χ1v) is 14.3. The van der Waals surface area contributed by atoms with Crippen molar-refractivity contribution in [2.45, 2.75) is 41.4 Å². The third-order valence-electron chi connectivity index (χ3n) is 6.78. The van der Waals surface area contributed by atoms with Crippen LogP contribution in [0.1, 0.15) is 44.7 Å². The second kappa shape index (κ2) is 13.8. The average molecular weight is 625 g/mol. The number of hydrogen-bond acceptors (Lipinski definition) is 9. The van der Waals surface area contributed by atoms with Gasteiger partial charge in [-0.05, 0) is 56.3 Å². The minimum absolute atomic E-state index is 0.0420. The van der Waals surface area contributed by atoms with E-state index in [0.717, 1.165) is 22.6 Å². The van der Waals surface area contributed by atoms with E-state index in [-0.39, 0.29) is 54.3 Å². The number of carbonyl (C=O) groups is 2. The molecule has 44 heavy (non-hydrogen) atoms. The van der Waals surface area contributed by atoms with Gasteiger partial charge < -0.3 is 4.74 Å². The van der Waals surface area contributed by atoms with Gasteiger partial charge in [0.2, 0.25) is 0 Å². The van der Waals surface area contributed by atoms with E-state index in [2.05, 4.69) is 16.1 Å². The van der Waals surface area contributed by atoms with Gasteiger partial charge in [0.25, 0.3) is 5.69 Å². The van der Waals surface area contributed by atoms with Crippen molar-refractivity contribution in [3.63, 3.8) is 0 Å². The van der Waals surface area contributed by atoms with Gasteiger partial charge in [-0.3, -0.25) is 19.8 Å². The lowest BCUT2D eigenvalue weighted by Gasteiger charge is -2.19. The maximum absolute atomic E-state index is 13.2. The van der Waals surface area contributed by atoms with Gasteiger partial charge >= 0.3 is 17.8 Å². The van der Waals surface area contributed by atoms with Crippen LogP contribution in [0.25, 0.3) is 0 Å². The Kier molecular flexibility index (Phi) is 10.2. The molecule has 0 fully saturated rings. The first kappa shape index (κ1) is 32.4. The van der Waals surface area contributed by atoms with Gasteiger partial charge in [0.1, 0.15) is 6.61 Å². The fourth-order valence-electron chi connectivity index (χ4n) is 4.29. The lowest BCUT2D eigenvalue weighted by molar-refractivity contribution is -0.387. The van der Waals surface area contributed by atoms with E-state index in [1.165, 1.54) is 30.0 Å². The minimum Gasteiger partial charge on any atom is -0.461 e. The molecule has 3 aromatic carbocycles. The monoisotopic (exact) mass is 624 g/mol. The van der Waals surface area contributed by atoms with Crippen LogP contribution < -0.4 is 0 Å². The lowest BCUT2D eigenvalue weighted by atomic mass is 10.0. The van der Waals surface area contributed by atoms with Crippen LogP contribution in [0.5, 0.6) is 0 Å². The SMILES string of the molecule is C#CCN(CCCC(=O)c1ccc(Sc2ccc(C)cc2)c([N+](=O)[O-])c1)CCOC(=O)c1ccc(C2(C(F)(F)F)N=N2)cc1. The van der Waals surface area contributed by atoms with Gasteiger partial charge in [0.05, 0.1) is 21.9 Å². The smallest absolute Gasteiger partial charge is 0.442 e. The Hall–Kier alpha value is -4.54. The number of alkyl halides is 3. The summed E-state index contributed by atoms with van der Waals surface area (Å²) in [6.45, 7) is 2.79. The number of ketones is 1. The van der Waals surface area contributed by atoms with Gasteiger partial charge in [-0.25, -0.2) is 4.79 Å². The molecule has 1 heterocycles. The molecule has 0 atom stereocenters. The summed E-state index contributed by atoms with van der Waals surface area (Å²) in [5, 5.41) is 18.0. The van der Waals surface area contributed by atoms with Gasteiger partial charge in [-0.15, -0.1) is 16.7 Å². The number of carbonyl (C=O) groups excluding carboxylic acids is 2. The first-order valence-electron chi connectivity index (χ1n) is 13.4. The van der Waals surface area contributed by atoms with E-state index in [0.29, 0.717) is 17.9 Å². The number of terminal acetylenes is 1. The Morgan fingerprint density at radius 1 is 1.05 bits per heavy atom. The molecule has 0 saturated carbocycles. The van der Waals surface area contributed by atoms with E-state index in [4.69, 9.17) is 11.2 Å². The molecule has 0 saturated heterocycles. The third kappa shape index (κ3) is 7.89. The topological polar surface area (TPSA) is 114 Å². The molecule has 0 amide bonds. The highest BCUT2D eigenvalue weighted by atomic mass is 32.2. The Bertz CT molecular complexity index is 1600. The quantitative estimate of drug-likeness (QED) is 0.0624. The van der Waals surface area contributed by atoms with E-state index in [9.17, 15) is 32.9 Å². The Morgan fingerprint density at radius 3 is 2.30 bits per heavy atom. The zero-order chi connectivity index (χ0) is 31.9. The Balaban J connectivity index is 1.26. The van der Waals surface area contributed by atoms with Crippen molar-refractivity contribution in [2.24, 2.45) is 10.2 Å². The molecule has 9 nitrogen and oxygen atoms in total. The summed E-state index contributed by atoms with van der Waals surface area (Å²) in [7, 11) is 0. The number of nitro groups is 1. The summed E-state index contributed by atoms with van der Waals surface area (Å²) in [6, 6.07) is 16.7. The van der Waals surface area contributed by atoms with Crippen LogP contribution in [0.15, 0.2) is 86.7 Å². The number of nitro benzene ring substituents is 1. The number of aryl methyl sites for hydroxylation is 1. The molecule has 0 radical (unpaired) electrons. The number of halogens is 3. The number of esters is 1. The maximum Gasteiger partial charge on any atom is 0.442 e. The highest BCUT2D eigenvalue weighted by molar-refractivity contribution is 7.99. The number of rotatable bonds is 14. The van der Waals surface area contributed by atoms with E-state index in [1.807, 2.05) is 31.2 Å². The predicted octanol–water partition coefficient (Wildman–Crippen LogP) is 6.99. The Morgan fingerprint density at radius 2 is 1.70 bits per heavy atom. The summed E-state index contributed by atoms with van der Waals surface area (Å²) < 4.78 is 44.7. The number of hydrogen-bond donors (Lipinski definition) is 0. The zero-order valence-corrected chi connectivity index (χ0v) is 24.4. The summed E-state index contributed by atoms with van der Waals surface area (Å²) in [5.41, 5.74) is -1.53. The molecule has 0 aliphatic carbocycles. The molecule has 13 heteroatoms. The van der Waals surface area contributed by atoms with Gasteiger partial charge in [0, 0.05) is 35.1 Å². The van der Waals surface area contributed by atoms with Crippen LogP contribution in [0.3, 0.4) is 0 Å². The third-order valence-corrected chi connectivity index (χ3v) is 7.85. The summed E-state index contributed by atoms with van der Waals surface area (Å²) in [4.78, 5) is 39.5. The minimum atomic E-state index is -4.66. The van der Waals surface area contributed by atoms with Gasteiger partial charge in [-0.2, -0.15) is 13.2 Å². The van der Waals surface area contributed by atoms with E-state index >= 15 is 0 Å². The maximum atomic E-state index is 13.2. The normalized spacial score (nSPS) is 13.4. The van der Waals surface area contributed by atoms with Crippen molar-refractivity contribution in [2.75, 3.05) is 26.2 Å². The van der Waals surface area contributed by atoms with Crippen molar-refractivity contribution >= 4 is 29.2 Å². The molecular weight excluding hydrogens is 597 g/mol. The Labute approximate surface area is 255 Å². The number of ether oxygens (including phenoxy) is 1. The molecule has 0 aromatic heterocycles. The van der Waals surface area contributed by atoms with Crippen LogP contribution in [0.4, 0.5) is 18.9 Å². The standard InChI is InChI=1S/C31H27F3N4O5S/c1-3-16-37(18-19-43-29(40)22-8-11-24(12-9-22)30(35-36-30)31(32,33)34)17-4-5-27(39)23-10-15-28(26(20-23)38(41)42)44-25-13-6-21(2)7-14-25/h1,6-15,20H,4-5,16-19H2,2H3. The highest BCUT2D eigenvalue weighted by Gasteiger charge is 2.65. The second-order valence-corrected chi connectivity index (χ2v) is 11.1. The molecule has 0 bridgehead atoms. The van der Waals surface area contributed by atoms with Crippen molar-refractivity contribution < 1.29 is 32.4 Å². The number of benzene rings is 3. The van der Waals surface area contributed by atoms with Crippen molar-refractivity contribution in [1.82, 2.24) is 4.90 Å². The van der Waals surface area contributed by atoms with Crippen LogP contribution in [0.2, 0.25) is 0 Å². The summed E-state index contributed by atoms with van der Waals surface area (Å²) in [5.74, 6) is 1.53. The molecule has 0 unspecified atom stereocenters. The summed E-state index contributed by atoms with van der Waals surface area (Å²) in [6.07, 6.45) is 1.31. The van der Waals surface area contributed by atoms with Crippen molar-refractivity contribution in [3.8, 4) is 12.3 Å². The van der Waals surface area contributed by atoms with E-state index < -0.39 is 22.7 Å². The molecule has 3 aromatic rings. The van der Waals surface area contributed by atoms with Crippen molar-refractivity contribution in [1.29, 1.82) is 0 Å². The molecular formula is C31H27F3N4O5S. The zero-order valence-electron chi connectivity index (χ0n) is 23.5. The highest BCUT2D eigenvalue weighted by Crippen LogP contribution is 2.52. The average Bonchev–Trinajstić information content (AvgIpc) is 3.81. The molecule has 228 valence electrons. The number of nitrogens with zero attached hydrogens (tertiary/aromatic N) is 4. The predicted molar refractivity (Wildman–Crippen MR) is 157 cm³/mol. The van der Waals surface area contributed by atoms with E-state index in [1.54, 1.807) is 17.0 Å². The molecule has 0 spiro atoms.